The number of piperidine rings is 1. The molecule has 17 heavy (non-hydrogen) atoms. The van der Waals surface area contributed by atoms with Crippen molar-refractivity contribution in [1.82, 2.24) is 14.3 Å². The number of sulfonamides is 1. The van der Waals surface area contributed by atoms with Crippen LogP contribution in [-0.2, 0) is 10.0 Å². The Morgan fingerprint density at radius 1 is 1.47 bits per heavy atom. The van der Waals surface area contributed by atoms with Crippen molar-refractivity contribution in [3.05, 3.63) is 24.3 Å². The molecule has 2 heterocycles. The summed E-state index contributed by atoms with van der Waals surface area (Å²) in [5, 5.41) is 0. The zero-order valence-electron chi connectivity index (χ0n) is 9.91. The predicted molar refractivity (Wildman–Crippen MR) is 65.0 cm³/mol. The molecule has 1 aromatic heterocycles. The van der Waals surface area contributed by atoms with E-state index in [1.807, 2.05) is 0 Å². The van der Waals surface area contributed by atoms with E-state index < -0.39 is 10.0 Å². The van der Waals surface area contributed by atoms with Crippen molar-refractivity contribution < 1.29 is 8.42 Å². The van der Waals surface area contributed by atoms with Crippen LogP contribution in [0.25, 0.3) is 0 Å². The number of hydrogen-bond donors (Lipinski definition) is 0. The van der Waals surface area contributed by atoms with E-state index >= 15 is 0 Å². The van der Waals surface area contributed by atoms with Crippen LogP contribution >= 0.6 is 0 Å². The monoisotopic (exact) mass is 255 g/mol. The molecule has 1 fully saturated rings. The predicted octanol–water partition coefficient (Wildman–Crippen LogP) is 1.01. The molecule has 5 nitrogen and oxygen atoms in total. The van der Waals surface area contributed by atoms with Crippen LogP contribution in [0.1, 0.15) is 31.4 Å². The van der Waals surface area contributed by atoms with Crippen molar-refractivity contribution in [3.63, 3.8) is 0 Å². The minimum absolute atomic E-state index is 0.167. The average Bonchev–Trinajstić information content (AvgIpc) is 2.40. The highest BCUT2D eigenvalue weighted by molar-refractivity contribution is 7.89. The fourth-order valence-corrected chi connectivity index (χ4v) is 3.32. The fraction of sp³-hybridized carbons (Fsp3) is 0.636. The van der Waals surface area contributed by atoms with Gasteiger partial charge >= 0.3 is 0 Å². The summed E-state index contributed by atoms with van der Waals surface area (Å²) in [7, 11) is -3.08. The number of nitrogens with zero attached hydrogens (tertiary/aromatic N) is 3. The van der Waals surface area contributed by atoms with E-state index in [9.17, 15) is 8.42 Å². The second-order valence-electron chi connectivity index (χ2n) is 4.23. The van der Waals surface area contributed by atoms with E-state index in [2.05, 4.69) is 9.97 Å². The SMILES string of the molecule is CCS(=O)(=O)N1CCC[C@H](c2cnccn2)C1. The van der Waals surface area contributed by atoms with Gasteiger partial charge in [0.15, 0.2) is 0 Å². The third kappa shape index (κ3) is 2.81. The summed E-state index contributed by atoms with van der Waals surface area (Å²) in [6.45, 7) is 2.85. The highest BCUT2D eigenvalue weighted by Crippen LogP contribution is 2.26. The van der Waals surface area contributed by atoms with Crippen LogP contribution in [0.4, 0.5) is 0 Å². The average molecular weight is 255 g/mol. The van der Waals surface area contributed by atoms with Crippen LogP contribution in [0, 0.1) is 0 Å². The first-order valence-electron chi connectivity index (χ1n) is 5.87. The molecular weight excluding hydrogens is 238 g/mol. The lowest BCUT2D eigenvalue weighted by Crippen LogP contribution is -2.40. The standard InChI is InChI=1S/C11H17N3O2S/c1-2-17(15,16)14-7-3-4-10(9-14)11-8-12-5-6-13-11/h5-6,8,10H,2-4,7,9H2,1H3/t10-/m0/s1. The second-order valence-corrected chi connectivity index (χ2v) is 6.49. The highest BCUT2D eigenvalue weighted by atomic mass is 32.2. The third-order valence-electron chi connectivity index (χ3n) is 3.14. The molecule has 1 aliphatic rings. The van der Waals surface area contributed by atoms with E-state index in [0.717, 1.165) is 18.5 Å². The zero-order chi connectivity index (χ0) is 12.3. The summed E-state index contributed by atoms with van der Waals surface area (Å²) >= 11 is 0. The maximum Gasteiger partial charge on any atom is 0.213 e. The Kier molecular flexibility index (Phi) is 3.73. The van der Waals surface area contributed by atoms with Gasteiger partial charge in [-0.1, -0.05) is 0 Å². The second kappa shape index (κ2) is 5.10. The summed E-state index contributed by atoms with van der Waals surface area (Å²) in [5.41, 5.74) is 0.892. The lowest BCUT2D eigenvalue weighted by molar-refractivity contribution is 0.312. The van der Waals surface area contributed by atoms with Crippen molar-refractivity contribution in [2.45, 2.75) is 25.7 Å². The van der Waals surface area contributed by atoms with Gasteiger partial charge in [-0.25, -0.2) is 12.7 Å². The summed E-state index contributed by atoms with van der Waals surface area (Å²) in [6.07, 6.45) is 6.89. The molecule has 0 spiro atoms. The minimum atomic E-state index is -3.08. The molecule has 0 amide bonds. The van der Waals surface area contributed by atoms with E-state index in [1.165, 1.54) is 0 Å². The van der Waals surface area contributed by atoms with Crippen molar-refractivity contribution in [1.29, 1.82) is 0 Å². The third-order valence-corrected chi connectivity index (χ3v) is 4.99. The molecule has 2 rings (SSSR count). The summed E-state index contributed by atoms with van der Waals surface area (Å²) in [6, 6.07) is 0. The molecule has 1 atom stereocenters. The van der Waals surface area contributed by atoms with Crippen molar-refractivity contribution in [3.8, 4) is 0 Å². The van der Waals surface area contributed by atoms with Crippen molar-refractivity contribution in [2.75, 3.05) is 18.8 Å². The Balaban J connectivity index is 2.13. The molecule has 1 aliphatic heterocycles. The Hall–Kier alpha value is -1.01. The van der Waals surface area contributed by atoms with Crippen LogP contribution in [-0.4, -0.2) is 41.5 Å². The molecule has 1 aromatic rings. The van der Waals surface area contributed by atoms with Gasteiger partial charge in [0.2, 0.25) is 10.0 Å². The maximum atomic E-state index is 11.8. The van der Waals surface area contributed by atoms with Gasteiger partial charge in [0.25, 0.3) is 0 Å². The Morgan fingerprint density at radius 2 is 2.29 bits per heavy atom. The first-order valence-corrected chi connectivity index (χ1v) is 7.48. The normalized spacial score (nSPS) is 22.5. The lowest BCUT2D eigenvalue weighted by atomic mass is 9.96. The van der Waals surface area contributed by atoms with E-state index in [-0.39, 0.29) is 11.7 Å². The van der Waals surface area contributed by atoms with Gasteiger partial charge < -0.3 is 0 Å². The van der Waals surface area contributed by atoms with Crippen LogP contribution in [0.3, 0.4) is 0 Å². The van der Waals surface area contributed by atoms with Crippen LogP contribution in [0.15, 0.2) is 18.6 Å². The van der Waals surface area contributed by atoms with Gasteiger partial charge in [-0.2, -0.15) is 0 Å². The van der Waals surface area contributed by atoms with Crippen molar-refractivity contribution >= 4 is 10.0 Å². The van der Waals surface area contributed by atoms with Gasteiger partial charge in [0.1, 0.15) is 0 Å². The van der Waals surface area contributed by atoms with E-state index in [0.29, 0.717) is 13.1 Å². The van der Waals surface area contributed by atoms with Gasteiger partial charge in [0, 0.05) is 37.6 Å². The summed E-state index contributed by atoms with van der Waals surface area (Å²) in [5.74, 6) is 0.346. The summed E-state index contributed by atoms with van der Waals surface area (Å²) in [4.78, 5) is 8.30. The molecule has 0 saturated carbocycles. The van der Waals surface area contributed by atoms with Gasteiger partial charge in [-0.15, -0.1) is 0 Å². The van der Waals surface area contributed by atoms with Gasteiger partial charge in [0.05, 0.1) is 11.4 Å². The quantitative estimate of drug-likeness (QED) is 0.808. The molecule has 0 bridgehead atoms. The lowest BCUT2D eigenvalue weighted by Gasteiger charge is -2.31. The molecule has 6 heteroatoms. The number of aromatic nitrogens is 2. The minimum Gasteiger partial charge on any atom is -0.261 e. The Labute approximate surface area is 102 Å². The summed E-state index contributed by atoms with van der Waals surface area (Å²) < 4.78 is 25.2. The first-order chi connectivity index (χ1) is 8.13. The molecule has 1 saturated heterocycles. The Morgan fingerprint density at radius 3 is 2.94 bits per heavy atom. The van der Waals surface area contributed by atoms with Gasteiger partial charge in [-0.3, -0.25) is 9.97 Å². The molecule has 0 unspecified atom stereocenters. The number of hydrogen-bond acceptors (Lipinski definition) is 4. The van der Waals surface area contributed by atoms with Crippen LogP contribution < -0.4 is 0 Å². The van der Waals surface area contributed by atoms with E-state index in [4.69, 9.17) is 0 Å². The highest BCUT2D eigenvalue weighted by Gasteiger charge is 2.28. The smallest absolute Gasteiger partial charge is 0.213 e. The zero-order valence-corrected chi connectivity index (χ0v) is 10.7. The van der Waals surface area contributed by atoms with Crippen LogP contribution in [0.2, 0.25) is 0 Å². The fourth-order valence-electron chi connectivity index (χ4n) is 2.14. The Bertz CT molecular complexity index is 461. The molecule has 0 radical (unpaired) electrons. The van der Waals surface area contributed by atoms with Gasteiger partial charge in [-0.05, 0) is 19.8 Å². The molecule has 0 aliphatic carbocycles. The van der Waals surface area contributed by atoms with Crippen molar-refractivity contribution in [2.24, 2.45) is 0 Å². The molecule has 0 N–H and O–H groups in total. The number of rotatable bonds is 3. The molecular formula is C11H17N3O2S. The van der Waals surface area contributed by atoms with Crippen LogP contribution in [0.5, 0.6) is 0 Å². The van der Waals surface area contributed by atoms with E-state index in [1.54, 1.807) is 29.8 Å². The largest absolute Gasteiger partial charge is 0.261 e. The molecule has 94 valence electrons. The molecule has 0 aromatic carbocycles. The topological polar surface area (TPSA) is 63.2 Å². The maximum absolute atomic E-state index is 11.8. The first kappa shape index (κ1) is 12.4.